The van der Waals surface area contributed by atoms with Crippen molar-refractivity contribution in [3.8, 4) is 0 Å². The highest BCUT2D eigenvalue weighted by molar-refractivity contribution is 9.10. The molecule has 3 heteroatoms. The van der Waals surface area contributed by atoms with Crippen LogP contribution in [0.3, 0.4) is 0 Å². The Morgan fingerprint density at radius 3 is 2.12 bits per heavy atom. The van der Waals surface area contributed by atoms with Crippen LogP contribution in [0.4, 0.5) is 0 Å². The van der Waals surface area contributed by atoms with Crippen molar-refractivity contribution in [2.75, 3.05) is 0 Å². The van der Waals surface area contributed by atoms with Gasteiger partial charge in [-0.05, 0) is 41.5 Å². The smallest absolute Gasteiger partial charge is 0.200 e. The highest BCUT2D eigenvalue weighted by atomic mass is 79.9. The number of fused-ring (bicyclic) bond motifs is 1. The Balaban J connectivity index is 1.92. The average Bonchev–Trinajstić information content (AvgIpc) is 2.88. The fourth-order valence-electron chi connectivity index (χ4n) is 2.87. The first-order valence-electron chi connectivity index (χ1n) is 7.61. The molecule has 4 rings (SSSR count). The van der Waals surface area contributed by atoms with Crippen LogP contribution in [0.25, 0.3) is 5.57 Å². The van der Waals surface area contributed by atoms with Crippen LogP contribution in [0.2, 0.25) is 0 Å². The summed E-state index contributed by atoms with van der Waals surface area (Å²) in [7, 11) is 0. The minimum Gasteiger partial charge on any atom is -0.288 e. The quantitative estimate of drug-likeness (QED) is 0.527. The molecule has 0 unspecified atom stereocenters. The second-order valence-corrected chi connectivity index (χ2v) is 7.50. The maximum absolute atomic E-state index is 13.0. The van der Waals surface area contributed by atoms with Gasteiger partial charge in [0.05, 0.1) is 4.91 Å². The van der Waals surface area contributed by atoms with Gasteiger partial charge in [-0.2, -0.15) is 0 Å². The molecule has 0 aliphatic heterocycles. The highest BCUT2D eigenvalue weighted by Crippen LogP contribution is 2.45. The molecular weight excluding hydrogens is 380 g/mol. The lowest BCUT2D eigenvalue weighted by atomic mass is 9.99. The maximum atomic E-state index is 13.0. The summed E-state index contributed by atoms with van der Waals surface area (Å²) >= 11 is 5.07. The molecule has 0 saturated carbocycles. The average molecular weight is 393 g/mol. The molecule has 1 aliphatic rings. The van der Waals surface area contributed by atoms with Crippen LogP contribution in [0, 0.1) is 0 Å². The molecular formula is C21H13BrOS. The Bertz CT molecular complexity index is 946. The second kappa shape index (κ2) is 6.42. The molecule has 1 nitrogen and oxygen atoms in total. The maximum Gasteiger partial charge on any atom is 0.200 e. The molecule has 0 spiro atoms. The Morgan fingerprint density at radius 2 is 1.42 bits per heavy atom. The number of carbonyl (C=O) groups is 1. The van der Waals surface area contributed by atoms with Gasteiger partial charge in [0.25, 0.3) is 0 Å². The standard InChI is InChI=1S/C21H13BrOS/c22-15-11-12-17-18(13-15)19(14-7-3-1-4-8-14)21(20(17)23)24-16-9-5-2-6-10-16/h1-13H. The summed E-state index contributed by atoms with van der Waals surface area (Å²) in [4.78, 5) is 14.9. The fraction of sp³-hybridized carbons (Fsp3) is 0. The Hall–Kier alpha value is -2.10. The summed E-state index contributed by atoms with van der Waals surface area (Å²) in [5.74, 6) is 0.102. The largest absolute Gasteiger partial charge is 0.288 e. The van der Waals surface area contributed by atoms with Crippen LogP contribution in [0.1, 0.15) is 21.5 Å². The molecule has 0 saturated heterocycles. The van der Waals surface area contributed by atoms with Gasteiger partial charge in [0.2, 0.25) is 5.78 Å². The molecule has 116 valence electrons. The van der Waals surface area contributed by atoms with Crippen LogP contribution in [0.5, 0.6) is 0 Å². The molecule has 3 aromatic carbocycles. The number of thioether (sulfide) groups is 1. The first-order valence-corrected chi connectivity index (χ1v) is 9.22. The van der Waals surface area contributed by atoms with Crippen molar-refractivity contribution in [1.29, 1.82) is 0 Å². The number of benzene rings is 3. The van der Waals surface area contributed by atoms with Crippen LogP contribution in [0.15, 0.2) is 93.1 Å². The van der Waals surface area contributed by atoms with E-state index in [1.807, 2.05) is 66.7 Å². The number of hydrogen-bond acceptors (Lipinski definition) is 2. The van der Waals surface area contributed by atoms with E-state index in [9.17, 15) is 4.79 Å². The predicted molar refractivity (Wildman–Crippen MR) is 103 cm³/mol. The number of hydrogen-bond donors (Lipinski definition) is 0. The van der Waals surface area contributed by atoms with E-state index in [0.29, 0.717) is 0 Å². The van der Waals surface area contributed by atoms with Crippen LogP contribution in [-0.2, 0) is 0 Å². The topological polar surface area (TPSA) is 17.1 Å². The van der Waals surface area contributed by atoms with E-state index in [1.54, 1.807) is 0 Å². The molecule has 24 heavy (non-hydrogen) atoms. The molecule has 3 aromatic rings. The minimum atomic E-state index is 0.102. The van der Waals surface area contributed by atoms with Crippen molar-refractivity contribution < 1.29 is 4.79 Å². The first-order chi connectivity index (χ1) is 11.7. The van der Waals surface area contributed by atoms with E-state index in [-0.39, 0.29) is 5.78 Å². The predicted octanol–water partition coefficient (Wildman–Crippen LogP) is 6.20. The van der Waals surface area contributed by atoms with Gasteiger partial charge in [-0.3, -0.25) is 4.79 Å². The van der Waals surface area contributed by atoms with E-state index in [2.05, 4.69) is 28.1 Å². The van der Waals surface area contributed by atoms with Gasteiger partial charge >= 0.3 is 0 Å². The van der Waals surface area contributed by atoms with Gasteiger partial charge in [0, 0.05) is 20.5 Å². The summed E-state index contributed by atoms with van der Waals surface area (Å²) < 4.78 is 0.980. The first kappa shape index (κ1) is 15.4. The summed E-state index contributed by atoms with van der Waals surface area (Å²) in [6.07, 6.45) is 0. The zero-order chi connectivity index (χ0) is 16.5. The lowest BCUT2D eigenvalue weighted by Gasteiger charge is -2.08. The van der Waals surface area contributed by atoms with Crippen LogP contribution in [-0.4, -0.2) is 5.78 Å². The summed E-state index contributed by atoms with van der Waals surface area (Å²) in [5.41, 5.74) is 3.86. The Labute approximate surface area is 153 Å². The molecule has 0 fully saturated rings. The van der Waals surface area contributed by atoms with Crippen molar-refractivity contribution in [1.82, 2.24) is 0 Å². The van der Waals surface area contributed by atoms with Crippen LogP contribution >= 0.6 is 27.7 Å². The zero-order valence-electron chi connectivity index (χ0n) is 12.7. The molecule has 0 heterocycles. The lowest BCUT2D eigenvalue weighted by molar-refractivity contribution is 0.104. The molecule has 0 bridgehead atoms. The Kier molecular flexibility index (Phi) is 4.13. The second-order valence-electron chi connectivity index (χ2n) is 5.50. The van der Waals surface area contributed by atoms with Gasteiger partial charge < -0.3 is 0 Å². The third-order valence-corrected chi connectivity index (χ3v) is 5.55. The van der Waals surface area contributed by atoms with E-state index in [4.69, 9.17) is 0 Å². The lowest BCUT2D eigenvalue weighted by Crippen LogP contribution is -1.95. The van der Waals surface area contributed by atoms with E-state index < -0.39 is 0 Å². The number of rotatable bonds is 3. The number of carbonyl (C=O) groups excluding carboxylic acids is 1. The molecule has 0 N–H and O–H groups in total. The molecule has 0 amide bonds. The molecule has 0 aromatic heterocycles. The summed E-state index contributed by atoms with van der Waals surface area (Å²) in [6.45, 7) is 0. The van der Waals surface area contributed by atoms with Crippen molar-refractivity contribution in [2.24, 2.45) is 0 Å². The van der Waals surface area contributed by atoms with Crippen molar-refractivity contribution in [2.45, 2.75) is 4.90 Å². The van der Waals surface area contributed by atoms with Gasteiger partial charge in [-0.25, -0.2) is 0 Å². The number of halogens is 1. The monoisotopic (exact) mass is 392 g/mol. The van der Waals surface area contributed by atoms with Gasteiger partial charge in [-0.15, -0.1) is 0 Å². The van der Waals surface area contributed by atoms with Crippen LogP contribution < -0.4 is 0 Å². The summed E-state index contributed by atoms with van der Waals surface area (Å²) in [6, 6.07) is 26.0. The fourth-order valence-corrected chi connectivity index (χ4v) is 4.30. The highest BCUT2D eigenvalue weighted by Gasteiger charge is 2.31. The van der Waals surface area contributed by atoms with Crippen molar-refractivity contribution >= 4 is 39.0 Å². The molecule has 0 radical (unpaired) electrons. The van der Waals surface area contributed by atoms with E-state index in [1.165, 1.54) is 11.8 Å². The molecule has 1 aliphatic carbocycles. The van der Waals surface area contributed by atoms with Crippen molar-refractivity contribution in [3.63, 3.8) is 0 Å². The number of allylic oxidation sites excluding steroid dienone is 1. The van der Waals surface area contributed by atoms with E-state index >= 15 is 0 Å². The number of ketones is 1. The third-order valence-electron chi connectivity index (χ3n) is 3.95. The summed E-state index contributed by atoms with van der Waals surface area (Å²) in [5, 5.41) is 0. The Morgan fingerprint density at radius 1 is 0.750 bits per heavy atom. The normalized spacial score (nSPS) is 13.3. The van der Waals surface area contributed by atoms with Gasteiger partial charge in [0.1, 0.15) is 0 Å². The SMILES string of the molecule is O=C1C(Sc2ccccc2)=C(c2ccccc2)c2cc(Br)ccc21. The zero-order valence-corrected chi connectivity index (χ0v) is 15.1. The van der Waals surface area contributed by atoms with Gasteiger partial charge in [-0.1, -0.05) is 76.2 Å². The number of Topliss-reactive ketones (excluding diaryl/α,β-unsaturated/α-hetero) is 1. The van der Waals surface area contributed by atoms with Gasteiger partial charge in [0.15, 0.2) is 0 Å². The van der Waals surface area contributed by atoms with E-state index in [0.717, 1.165) is 36.5 Å². The minimum absolute atomic E-state index is 0.102. The molecule has 0 atom stereocenters. The van der Waals surface area contributed by atoms with Crippen molar-refractivity contribution in [3.05, 3.63) is 105 Å². The third kappa shape index (κ3) is 2.74.